The van der Waals surface area contributed by atoms with Crippen molar-refractivity contribution in [3.8, 4) is 0 Å². The van der Waals surface area contributed by atoms with Gasteiger partial charge in [-0.25, -0.2) is 4.99 Å². The van der Waals surface area contributed by atoms with Crippen molar-refractivity contribution < 1.29 is 22.7 Å². The minimum Gasteiger partial charge on any atom is -0.380 e. The third kappa shape index (κ3) is 12.2. The fourth-order valence-corrected chi connectivity index (χ4v) is 2.17. The lowest BCUT2D eigenvalue weighted by molar-refractivity contribution is -0.137. The van der Waals surface area contributed by atoms with Gasteiger partial charge in [-0.3, -0.25) is 4.79 Å². The molecule has 0 spiro atoms. The van der Waals surface area contributed by atoms with E-state index in [1.54, 1.807) is 20.2 Å². The SMILES string of the molecule is CC(C)CCOCCNC(=NCc1cccc(C(F)(F)F)c1)NCC(=O)N(C)C.I. The van der Waals surface area contributed by atoms with Crippen molar-refractivity contribution in [3.05, 3.63) is 35.4 Å². The van der Waals surface area contributed by atoms with E-state index in [4.69, 9.17) is 4.74 Å². The molecule has 172 valence electrons. The second-order valence-electron chi connectivity index (χ2n) is 7.23. The highest BCUT2D eigenvalue weighted by Crippen LogP contribution is 2.29. The van der Waals surface area contributed by atoms with Crippen LogP contribution in [0.3, 0.4) is 0 Å². The third-order valence-corrected chi connectivity index (χ3v) is 3.96. The van der Waals surface area contributed by atoms with Crippen molar-refractivity contribution in [1.82, 2.24) is 15.5 Å². The van der Waals surface area contributed by atoms with Crippen LogP contribution in [-0.4, -0.2) is 57.2 Å². The number of hydrogen-bond donors (Lipinski definition) is 2. The zero-order valence-electron chi connectivity index (χ0n) is 17.9. The van der Waals surface area contributed by atoms with Gasteiger partial charge >= 0.3 is 6.18 Å². The van der Waals surface area contributed by atoms with Gasteiger partial charge in [0.05, 0.1) is 25.3 Å². The number of carbonyl (C=O) groups excluding carboxylic acids is 1. The molecule has 0 radical (unpaired) electrons. The number of hydrogen-bond acceptors (Lipinski definition) is 3. The quantitative estimate of drug-likeness (QED) is 0.205. The number of amides is 1. The maximum Gasteiger partial charge on any atom is 0.416 e. The molecule has 1 rings (SSSR count). The van der Waals surface area contributed by atoms with Crippen LogP contribution < -0.4 is 10.6 Å². The highest BCUT2D eigenvalue weighted by Gasteiger charge is 2.30. The maximum absolute atomic E-state index is 12.9. The molecule has 2 N–H and O–H groups in total. The predicted molar refractivity (Wildman–Crippen MR) is 123 cm³/mol. The van der Waals surface area contributed by atoms with Gasteiger partial charge in [0, 0.05) is 27.2 Å². The van der Waals surface area contributed by atoms with Crippen LogP contribution in [-0.2, 0) is 22.3 Å². The fourth-order valence-electron chi connectivity index (χ4n) is 2.17. The number of aliphatic imine (C=N–C) groups is 1. The highest BCUT2D eigenvalue weighted by molar-refractivity contribution is 14.0. The van der Waals surface area contributed by atoms with Crippen LogP contribution in [0.15, 0.2) is 29.3 Å². The number of guanidine groups is 1. The molecule has 0 atom stereocenters. The minimum atomic E-state index is -4.40. The Hall–Kier alpha value is -1.56. The first-order chi connectivity index (χ1) is 13.6. The zero-order valence-corrected chi connectivity index (χ0v) is 20.2. The molecule has 0 aromatic heterocycles. The van der Waals surface area contributed by atoms with Crippen molar-refractivity contribution in [2.24, 2.45) is 10.9 Å². The normalized spacial score (nSPS) is 11.8. The van der Waals surface area contributed by atoms with E-state index in [2.05, 4.69) is 29.5 Å². The molecule has 0 fully saturated rings. The van der Waals surface area contributed by atoms with E-state index in [9.17, 15) is 18.0 Å². The Morgan fingerprint density at radius 3 is 2.50 bits per heavy atom. The van der Waals surface area contributed by atoms with Crippen LogP contribution in [0, 0.1) is 5.92 Å². The molecule has 0 bridgehead atoms. The van der Waals surface area contributed by atoms with E-state index >= 15 is 0 Å². The van der Waals surface area contributed by atoms with Crippen LogP contribution in [0.5, 0.6) is 0 Å². The van der Waals surface area contributed by atoms with E-state index in [1.165, 1.54) is 11.0 Å². The number of nitrogens with one attached hydrogen (secondary N) is 2. The molecule has 6 nitrogen and oxygen atoms in total. The first-order valence-corrected chi connectivity index (χ1v) is 9.55. The lowest BCUT2D eigenvalue weighted by Crippen LogP contribution is -2.43. The van der Waals surface area contributed by atoms with Crippen LogP contribution in [0.4, 0.5) is 13.2 Å². The Labute approximate surface area is 193 Å². The standard InChI is InChI=1S/C20H31F3N4O2.HI/c1-15(2)8-10-29-11-9-24-19(26-14-18(28)27(3)4)25-13-16-6-5-7-17(12-16)20(21,22)23;/h5-7,12,15H,8-11,13-14H2,1-4H3,(H2,24,25,26);1H. The van der Waals surface area contributed by atoms with Gasteiger partial charge in [-0.15, -0.1) is 24.0 Å². The summed E-state index contributed by atoms with van der Waals surface area (Å²) in [6.07, 6.45) is -3.43. The number of alkyl halides is 3. The molecule has 0 unspecified atom stereocenters. The maximum atomic E-state index is 12.9. The Morgan fingerprint density at radius 2 is 1.90 bits per heavy atom. The van der Waals surface area contributed by atoms with Crippen molar-refractivity contribution in [2.45, 2.75) is 33.0 Å². The van der Waals surface area contributed by atoms with E-state index in [-0.39, 0.29) is 43.0 Å². The molecule has 0 heterocycles. The van der Waals surface area contributed by atoms with Crippen LogP contribution in [0.1, 0.15) is 31.4 Å². The summed E-state index contributed by atoms with van der Waals surface area (Å²) >= 11 is 0. The van der Waals surface area contributed by atoms with Gasteiger partial charge in [-0.05, 0) is 30.0 Å². The molecule has 1 aromatic rings. The molecule has 1 amide bonds. The number of nitrogens with zero attached hydrogens (tertiary/aromatic N) is 2. The minimum absolute atomic E-state index is 0. The molecule has 1 aromatic carbocycles. The Balaban J connectivity index is 0.00000841. The summed E-state index contributed by atoms with van der Waals surface area (Å²) in [5.74, 6) is 0.753. The molecule has 30 heavy (non-hydrogen) atoms. The van der Waals surface area contributed by atoms with Crippen molar-refractivity contribution in [3.63, 3.8) is 0 Å². The molecule has 10 heteroatoms. The monoisotopic (exact) mass is 544 g/mol. The Bertz CT molecular complexity index is 668. The summed E-state index contributed by atoms with van der Waals surface area (Å²) in [4.78, 5) is 17.5. The molecule has 0 aliphatic rings. The lowest BCUT2D eigenvalue weighted by Gasteiger charge is -2.15. The summed E-state index contributed by atoms with van der Waals surface area (Å²) in [5.41, 5.74) is -0.290. The van der Waals surface area contributed by atoms with Gasteiger partial charge in [-0.1, -0.05) is 26.0 Å². The Kier molecular flexibility index (Phi) is 13.7. The van der Waals surface area contributed by atoms with Gasteiger partial charge < -0.3 is 20.3 Å². The summed E-state index contributed by atoms with van der Waals surface area (Å²) in [7, 11) is 3.28. The molecule has 0 saturated heterocycles. The summed E-state index contributed by atoms with van der Waals surface area (Å²) in [5, 5.41) is 5.93. The van der Waals surface area contributed by atoms with Gasteiger partial charge in [0.2, 0.25) is 5.91 Å². The van der Waals surface area contributed by atoms with Crippen molar-refractivity contribution in [1.29, 1.82) is 0 Å². The predicted octanol–water partition coefficient (Wildman–Crippen LogP) is 3.51. The van der Waals surface area contributed by atoms with E-state index in [0.29, 0.717) is 37.2 Å². The second kappa shape index (κ2) is 14.4. The average molecular weight is 544 g/mol. The number of rotatable bonds is 10. The summed E-state index contributed by atoms with van der Waals surface area (Å²) in [6, 6.07) is 5.03. The third-order valence-electron chi connectivity index (χ3n) is 3.96. The molecule has 0 aliphatic carbocycles. The van der Waals surface area contributed by atoms with E-state index in [1.807, 2.05) is 0 Å². The van der Waals surface area contributed by atoms with Gasteiger partial charge in [0.15, 0.2) is 5.96 Å². The highest BCUT2D eigenvalue weighted by atomic mass is 127. The zero-order chi connectivity index (χ0) is 21.9. The summed E-state index contributed by atoms with van der Waals surface area (Å²) < 4.78 is 44.1. The summed E-state index contributed by atoms with van der Waals surface area (Å²) in [6.45, 7) is 5.88. The first kappa shape index (κ1) is 28.4. The largest absolute Gasteiger partial charge is 0.416 e. The number of halogens is 4. The molecule has 0 saturated carbocycles. The Morgan fingerprint density at radius 1 is 1.20 bits per heavy atom. The van der Waals surface area contributed by atoms with Gasteiger partial charge in [0.25, 0.3) is 0 Å². The number of likely N-dealkylation sites (N-methyl/N-ethyl adjacent to an activating group) is 1. The molecular weight excluding hydrogens is 512 g/mol. The molecule has 0 aliphatic heterocycles. The fraction of sp³-hybridized carbons (Fsp3) is 0.600. The average Bonchev–Trinajstić information content (AvgIpc) is 2.64. The smallest absolute Gasteiger partial charge is 0.380 e. The topological polar surface area (TPSA) is 66.0 Å². The number of ether oxygens (including phenoxy) is 1. The van der Waals surface area contributed by atoms with Crippen molar-refractivity contribution in [2.75, 3.05) is 40.4 Å². The van der Waals surface area contributed by atoms with E-state index < -0.39 is 11.7 Å². The van der Waals surface area contributed by atoms with Crippen LogP contribution in [0.2, 0.25) is 0 Å². The number of benzene rings is 1. The van der Waals surface area contributed by atoms with Gasteiger partial charge in [-0.2, -0.15) is 13.2 Å². The second-order valence-corrected chi connectivity index (χ2v) is 7.23. The number of carbonyl (C=O) groups is 1. The van der Waals surface area contributed by atoms with E-state index in [0.717, 1.165) is 18.6 Å². The molecular formula is C20H32F3IN4O2. The van der Waals surface area contributed by atoms with Crippen LogP contribution in [0.25, 0.3) is 0 Å². The first-order valence-electron chi connectivity index (χ1n) is 9.55. The van der Waals surface area contributed by atoms with Gasteiger partial charge in [0.1, 0.15) is 0 Å². The van der Waals surface area contributed by atoms with Crippen LogP contribution >= 0.6 is 24.0 Å². The van der Waals surface area contributed by atoms with Crippen molar-refractivity contribution >= 4 is 35.8 Å². The lowest BCUT2D eigenvalue weighted by atomic mass is 10.1.